The predicted octanol–water partition coefficient (Wildman–Crippen LogP) is 4.38. The first-order valence-electron chi connectivity index (χ1n) is 9.19. The van der Waals surface area contributed by atoms with Gasteiger partial charge in [-0.3, -0.25) is 9.59 Å². The van der Waals surface area contributed by atoms with Gasteiger partial charge in [0.25, 0.3) is 0 Å². The third-order valence-corrected chi connectivity index (χ3v) is 8.44. The summed E-state index contributed by atoms with van der Waals surface area (Å²) in [4.78, 5) is 26.5. The van der Waals surface area contributed by atoms with Crippen molar-refractivity contribution in [2.24, 2.45) is 0 Å². The van der Waals surface area contributed by atoms with Crippen LogP contribution in [-0.2, 0) is 15.1 Å². The minimum Gasteiger partial charge on any atom is -0.508 e. The Balaban J connectivity index is 1.70. The maximum atomic E-state index is 13.3. The first kappa shape index (κ1) is 20.3. The Bertz CT molecular complexity index is 983. The van der Waals surface area contributed by atoms with Crippen LogP contribution in [0.1, 0.15) is 24.5 Å². The SMILES string of the molecule is CC1(SC2C(=O)CC(c3ccsc3)(c3ccccc3O)NC2=O)C=CC=CC1Cl. The van der Waals surface area contributed by atoms with Gasteiger partial charge < -0.3 is 10.4 Å². The number of hydrogen-bond acceptors (Lipinski definition) is 5. The second-order valence-electron chi connectivity index (χ2n) is 7.39. The van der Waals surface area contributed by atoms with Crippen LogP contribution in [0.3, 0.4) is 0 Å². The number of ketones is 1. The summed E-state index contributed by atoms with van der Waals surface area (Å²) in [6.45, 7) is 1.93. The number of hydrogen-bond donors (Lipinski definition) is 2. The number of para-hydroxylation sites is 1. The van der Waals surface area contributed by atoms with E-state index in [1.807, 2.05) is 48.1 Å². The van der Waals surface area contributed by atoms with E-state index in [-0.39, 0.29) is 29.2 Å². The largest absolute Gasteiger partial charge is 0.508 e. The van der Waals surface area contributed by atoms with Gasteiger partial charge in [0.2, 0.25) is 5.91 Å². The predicted molar refractivity (Wildman–Crippen MR) is 119 cm³/mol. The van der Waals surface area contributed by atoms with E-state index in [0.29, 0.717) is 5.56 Å². The highest BCUT2D eigenvalue weighted by Gasteiger charge is 2.50. The van der Waals surface area contributed by atoms with Gasteiger partial charge in [-0.25, -0.2) is 0 Å². The van der Waals surface area contributed by atoms with Gasteiger partial charge in [0.05, 0.1) is 10.1 Å². The van der Waals surface area contributed by atoms with Crippen LogP contribution < -0.4 is 5.32 Å². The number of rotatable bonds is 4. The maximum absolute atomic E-state index is 13.3. The third-order valence-electron chi connectivity index (χ3n) is 5.42. The summed E-state index contributed by atoms with van der Waals surface area (Å²) in [5.41, 5.74) is 0.224. The fourth-order valence-electron chi connectivity index (χ4n) is 3.82. The number of carbonyl (C=O) groups is 2. The smallest absolute Gasteiger partial charge is 0.241 e. The molecule has 1 saturated heterocycles. The van der Waals surface area contributed by atoms with Crippen LogP contribution in [0.15, 0.2) is 65.4 Å². The molecule has 2 aliphatic rings. The van der Waals surface area contributed by atoms with Crippen molar-refractivity contribution < 1.29 is 14.7 Å². The van der Waals surface area contributed by atoms with Gasteiger partial charge in [-0.15, -0.1) is 23.4 Å². The molecule has 2 N–H and O–H groups in total. The van der Waals surface area contributed by atoms with E-state index in [9.17, 15) is 14.7 Å². The Hall–Kier alpha value is -2.02. The van der Waals surface area contributed by atoms with Gasteiger partial charge >= 0.3 is 0 Å². The molecule has 1 amide bonds. The molecule has 4 unspecified atom stereocenters. The zero-order chi connectivity index (χ0) is 20.6. The monoisotopic (exact) mass is 445 g/mol. The molecule has 2 aromatic rings. The van der Waals surface area contributed by atoms with Gasteiger partial charge in [0.15, 0.2) is 5.78 Å². The highest BCUT2D eigenvalue weighted by molar-refractivity contribution is 8.03. The van der Waals surface area contributed by atoms with Crippen LogP contribution in [-0.4, -0.2) is 32.2 Å². The molecule has 150 valence electrons. The Morgan fingerprint density at radius 3 is 2.69 bits per heavy atom. The number of aromatic hydroxyl groups is 1. The fourth-order valence-corrected chi connectivity index (χ4v) is 6.12. The molecule has 1 aromatic carbocycles. The summed E-state index contributed by atoms with van der Waals surface area (Å²) in [5.74, 6) is -0.499. The van der Waals surface area contributed by atoms with Crippen molar-refractivity contribution in [2.75, 3.05) is 0 Å². The molecule has 29 heavy (non-hydrogen) atoms. The minimum absolute atomic E-state index is 0.0473. The lowest BCUT2D eigenvalue weighted by atomic mass is 9.76. The van der Waals surface area contributed by atoms with Crippen molar-refractivity contribution >= 4 is 46.4 Å². The van der Waals surface area contributed by atoms with E-state index in [2.05, 4.69) is 5.32 Å². The Kier molecular flexibility index (Phi) is 5.36. The van der Waals surface area contributed by atoms with Crippen LogP contribution >= 0.6 is 34.7 Å². The number of thioether (sulfide) groups is 1. The summed E-state index contributed by atoms with van der Waals surface area (Å²) in [7, 11) is 0. The molecule has 1 aliphatic carbocycles. The molecule has 1 fully saturated rings. The molecule has 4 atom stereocenters. The van der Waals surface area contributed by atoms with Gasteiger partial charge in [-0.2, -0.15) is 11.3 Å². The number of phenols is 1. The summed E-state index contributed by atoms with van der Waals surface area (Å²) in [6.07, 6.45) is 7.60. The summed E-state index contributed by atoms with van der Waals surface area (Å²) < 4.78 is -0.564. The van der Waals surface area contributed by atoms with Gasteiger partial charge in [0.1, 0.15) is 16.5 Å². The lowest BCUT2D eigenvalue weighted by molar-refractivity contribution is -0.132. The number of Topliss-reactive ketones (excluding diaryl/α,β-unsaturated/α-hetero) is 1. The molecular formula is C22H20ClNO3S2. The number of phenolic OH excluding ortho intramolecular Hbond substituents is 1. The number of amides is 1. The zero-order valence-corrected chi connectivity index (χ0v) is 18.1. The average molecular weight is 446 g/mol. The molecule has 0 spiro atoms. The van der Waals surface area contributed by atoms with E-state index in [1.54, 1.807) is 24.3 Å². The zero-order valence-electron chi connectivity index (χ0n) is 15.7. The van der Waals surface area contributed by atoms with Crippen molar-refractivity contribution in [1.29, 1.82) is 0 Å². The van der Waals surface area contributed by atoms with Crippen LogP contribution in [0.2, 0.25) is 0 Å². The highest BCUT2D eigenvalue weighted by Crippen LogP contribution is 2.46. The molecule has 2 heterocycles. The normalized spacial score (nSPS) is 31.7. The average Bonchev–Trinajstić information content (AvgIpc) is 3.23. The second kappa shape index (κ2) is 7.67. The van der Waals surface area contributed by atoms with Gasteiger partial charge in [-0.1, -0.05) is 42.5 Å². The van der Waals surface area contributed by atoms with E-state index >= 15 is 0 Å². The second-order valence-corrected chi connectivity index (χ2v) is 10.2. The molecular weight excluding hydrogens is 426 g/mol. The molecule has 0 bridgehead atoms. The standard InChI is InChI=1S/C22H20ClNO3S2/c1-21(10-5-4-8-18(21)23)29-19-17(26)12-22(24-20(19)27,14-9-11-28-13-14)15-6-2-3-7-16(15)25/h2-11,13,18-19,25H,12H2,1H3,(H,24,27). The van der Waals surface area contributed by atoms with Crippen molar-refractivity contribution in [3.63, 3.8) is 0 Å². The maximum Gasteiger partial charge on any atom is 0.241 e. The quantitative estimate of drug-likeness (QED) is 0.541. The molecule has 0 saturated carbocycles. The third kappa shape index (κ3) is 3.54. The first-order chi connectivity index (χ1) is 13.9. The van der Waals surface area contributed by atoms with Crippen LogP contribution in [0.5, 0.6) is 5.75 Å². The topological polar surface area (TPSA) is 66.4 Å². The summed E-state index contributed by atoms with van der Waals surface area (Å²) >= 11 is 9.21. The lowest BCUT2D eigenvalue weighted by Crippen LogP contribution is -2.59. The number of benzene rings is 1. The highest BCUT2D eigenvalue weighted by atomic mass is 35.5. The minimum atomic E-state index is -1.08. The molecule has 4 nitrogen and oxygen atoms in total. The summed E-state index contributed by atoms with van der Waals surface area (Å²) in [6, 6.07) is 8.70. The van der Waals surface area contributed by atoms with Crippen molar-refractivity contribution in [3.8, 4) is 5.75 Å². The molecule has 4 rings (SSSR count). The molecule has 0 radical (unpaired) electrons. The Morgan fingerprint density at radius 2 is 2.03 bits per heavy atom. The van der Waals surface area contributed by atoms with Crippen LogP contribution in [0.4, 0.5) is 0 Å². The fraction of sp³-hybridized carbons (Fsp3) is 0.273. The van der Waals surface area contributed by atoms with E-state index in [4.69, 9.17) is 11.6 Å². The van der Waals surface area contributed by atoms with Crippen molar-refractivity contribution in [3.05, 3.63) is 76.5 Å². The molecule has 7 heteroatoms. The number of thiophene rings is 1. The summed E-state index contributed by atoms with van der Waals surface area (Å²) in [5, 5.41) is 16.2. The first-order valence-corrected chi connectivity index (χ1v) is 11.5. The number of piperidine rings is 1. The van der Waals surface area contributed by atoms with Gasteiger partial charge in [-0.05, 0) is 35.4 Å². The number of allylic oxidation sites excluding steroid dienone is 3. The van der Waals surface area contributed by atoms with E-state index in [1.165, 1.54) is 23.1 Å². The van der Waals surface area contributed by atoms with Crippen LogP contribution in [0.25, 0.3) is 0 Å². The van der Waals surface area contributed by atoms with E-state index in [0.717, 1.165) is 5.56 Å². The number of alkyl halides is 1. The number of halogens is 1. The van der Waals surface area contributed by atoms with Gasteiger partial charge in [0, 0.05) is 12.0 Å². The molecule has 1 aromatic heterocycles. The van der Waals surface area contributed by atoms with Crippen molar-refractivity contribution in [2.45, 2.75) is 34.3 Å². The Labute approximate surface area is 182 Å². The Morgan fingerprint density at radius 1 is 1.24 bits per heavy atom. The lowest BCUT2D eigenvalue weighted by Gasteiger charge is -2.42. The number of carbonyl (C=O) groups excluding carboxylic acids is 2. The van der Waals surface area contributed by atoms with E-state index < -0.39 is 15.5 Å². The van der Waals surface area contributed by atoms with Crippen molar-refractivity contribution in [1.82, 2.24) is 5.32 Å². The number of nitrogens with one attached hydrogen (secondary N) is 1. The molecule has 1 aliphatic heterocycles. The van der Waals surface area contributed by atoms with Crippen LogP contribution in [0, 0.1) is 0 Å².